The predicted octanol–water partition coefficient (Wildman–Crippen LogP) is 0.373. The third kappa shape index (κ3) is 3.81. The molecule has 2 aliphatic heterocycles. The molecule has 0 unspecified atom stereocenters. The lowest BCUT2D eigenvalue weighted by molar-refractivity contribution is 0.308. The van der Waals surface area contributed by atoms with Crippen LogP contribution in [0.25, 0.3) is 0 Å². The second-order valence-electron chi connectivity index (χ2n) is 6.42. The van der Waals surface area contributed by atoms with Crippen LogP contribution < -0.4 is 9.62 Å². The number of nitrogens with zero attached hydrogens (tertiary/aromatic N) is 4. The van der Waals surface area contributed by atoms with E-state index in [0.717, 1.165) is 50.4 Å². The highest BCUT2D eigenvalue weighted by Crippen LogP contribution is 2.27. The van der Waals surface area contributed by atoms with E-state index in [-0.39, 0.29) is 11.8 Å². The number of piperidine rings is 1. The maximum absolute atomic E-state index is 11.8. The normalized spacial score (nSPS) is 22.9. The molecule has 128 valence electrons. The van der Waals surface area contributed by atoms with E-state index in [4.69, 9.17) is 0 Å². The third-order valence-corrected chi connectivity index (χ3v) is 6.07. The number of anilines is 1. The molecule has 23 heavy (non-hydrogen) atoms. The summed E-state index contributed by atoms with van der Waals surface area (Å²) in [6, 6.07) is -0.0411. The summed E-state index contributed by atoms with van der Waals surface area (Å²) in [5.41, 5.74) is 2.32. The van der Waals surface area contributed by atoms with Crippen LogP contribution in [0.4, 0.5) is 5.82 Å². The molecule has 8 heteroatoms. The van der Waals surface area contributed by atoms with Gasteiger partial charge in [-0.3, -0.25) is 0 Å². The van der Waals surface area contributed by atoms with E-state index in [2.05, 4.69) is 31.5 Å². The zero-order valence-corrected chi connectivity index (χ0v) is 14.6. The van der Waals surface area contributed by atoms with Gasteiger partial charge in [0.1, 0.15) is 12.1 Å². The first-order valence-electron chi connectivity index (χ1n) is 8.24. The lowest BCUT2D eigenvalue weighted by Crippen LogP contribution is -2.48. The van der Waals surface area contributed by atoms with Crippen LogP contribution in [0.3, 0.4) is 0 Å². The summed E-state index contributed by atoms with van der Waals surface area (Å²) >= 11 is 0. The highest BCUT2D eigenvalue weighted by atomic mass is 32.2. The molecule has 0 saturated carbocycles. The Morgan fingerprint density at radius 1 is 1.35 bits per heavy atom. The molecule has 0 radical (unpaired) electrons. The molecule has 3 heterocycles. The molecular weight excluding hydrogens is 314 g/mol. The molecule has 1 aromatic rings. The first-order valence-corrected chi connectivity index (χ1v) is 9.90. The molecular formula is C15H25N5O2S. The molecule has 1 N–H and O–H groups in total. The number of sulfonamides is 1. The van der Waals surface area contributed by atoms with Crippen molar-refractivity contribution in [3.8, 4) is 0 Å². The largest absolute Gasteiger partial charge is 0.355 e. The Morgan fingerprint density at radius 3 is 2.96 bits per heavy atom. The highest BCUT2D eigenvalue weighted by Gasteiger charge is 2.27. The van der Waals surface area contributed by atoms with Gasteiger partial charge < -0.3 is 9.80 Å². The topological polar surface area (TPSA) is 78.4 Å². The van der Waals surface area contributed by atoms with Crippen LogP contribution in [0.1, 0.15) is 31.0 Å². The van der Waals surface area contributed by atoms with Gasteiger partial charge in [-0.15, -0.1) is 0 Å². The number of nitrogens with one attached hydrogen (secondary N) is 1. The maximum atomic E-state index is 11.8. The van der Waals surface area contributed by atoms with Gasteiger partial charge in [-0.1, -0.05) is 0 Å². The van der Waals surface area contributed by atoms with Crippen LogP contribution in [0.5, 0.6) is 0 Å². The van der Waals surface area contributed by atoms with Gasteiger partial charge in [0, 0.05) is 44.2 Å². The fraction of sp³-hybridized carbons (Fsp3) is 0.733. The van der Waals surface area contributed by atoms with Gasteiger partial charge in [-0.2, -0.15) is 0 Å². The minimum atomic E-state index is -3.17. The predicted molar refractivity (Wildman–Crippen MR) is 89.9 cm³/mol. The quantitative estimate of drug-likeness (QED) is 0.854. The second kappa shape index (κ2) is 6.70. The number of aromatic nitrogens is 2. The van der Waals surface area contributed by atoms with Crippen LogP contribution in [-0.4, -0.2) is 61.8 Å². The fourth-order valence-electron chi connectivity index (χ4n) is 3.34. The van der Waals surface area contributed by atoms with E-state index in [1.165, 1.54) is 5.56 Å². The Bertz CT molecular complexity index is 664. The lowest BCUT2D eigenvalue weighted by atomic mass is 10.0. The smallest absolute Gasteiger partial charge is 0.211 e. The van der Waals surface area contributed by atoms with Crippen molar-refractivity contribution in [2.75, 3.05) is 37.3 Å². The van der Waals surface area contributed by atoms with Crippen molar-refractivity contribution in [3.63, 3.8) is 0 Å². The number of hydrogen-bond acceptors (Lipinski definition) is 6. The van der Waals surface area contributed by atoms with E-state index in [9.17, 15) is 8.42 Å². The molecule has 0 spiro atoms. The van der Waals surface area contributed by atoms with E-state index in [1.54, 1.807) is 13.3 Å². The van der Waals surface area contributed by atoms with Crippen LogP contribution in [0.2, 0.25) is 0 Å². The van der Waals surface area contributed by atoms with Gasteiger partial charge in [0.2, 0.25) is 10.0 Å². The number of hydrogen-bond donors (Lipinski definition) is 1. The summed E-state index contributed by atoms with van der Waals surface area (Å²) in [6.45, 7) is 5.12. The van der Waals surface area contributed by atoms with Crippen LogP contribution in [-0.2, 0) is 23.0 Å². The minimum absolute atomic E-state index is 0.0411. The molecule has 0 aromatic carbocycles. The summed E-state index contributed by atoms with van der Waals surface area (Å²) in [4.78, 5) is 13.4. The SMILES string of the molecule is CCS(=O)(=O)N[C@H]1CCCN(c2ncnc3c2CN(C)CC3)C1. The Morgan fingerprint density at radius 2 is 2.17 bits per heavy atom. The average molecular weight is 339 g/mol. The van der Waals surface area contributed by atoms with Crippen molar-refractivity contribution in [2.24, 2.45) is 0 Å². The molecule has 0 bridgehead atoms. The Balaban J connectivity index is 1.79. The highest BCUT2D eigenvalue weighted by molar-refractivity contribution is 7.89. The maximum Gasteiger partial charge on any atom is 0.211 e. The summed E-state index contributed by atoms with van der Waals surface area (Å²) in [5, 5.41) is 0. The van der Waals surface area contributed by atoms with Crippen molar-refractivity contribution in [2.45, 2.75) is 38.8 Å². The van der Waals surface area contributed by atoms with Crippen LogP contribution >= 0.6 is 0 Å². The molecule has 3 rings (SSSR count). The molecule has 1 saturated heterocycles. The van der Waals surface area contributed by atoms with Gasteiger partial charge >= 0.3 is 0 Å². The van der Waals surface area contributed by atoms with Crippen molar-refractivity contribution in [3.05, 3.63) is 17.6 Å². The standard InChI is InChI=1S/C15H25N5O2S/c1-3-23(21,22)18-12-5-4-7-20(9-12)15-13-10-19(2)8-6-14(13)16-11-17-15/h11-12,18H,3-10H2,1-2H3/t12-/m0/s1. The third-order valence-electron chi connectivity index (χ3n) is 4.62. The molecule has 2 aliphatic rings. The van der Waals surface area contributed by atoms with Gasteiger partial charge in [0.05, 0.1) is 11.4 Å². The summed E-state index contributed by atoms with van der Waals surface area (Å²) in [6.07, 6.45) is 4.43. The Hall–Kier alpha value is -1.25. The zero-order chi connectivity index (χ0) is 16.4. The van der Waals surface area contributed by atoms with Crippen molar-refractivity contribution >= 4 is 15.8 Å². The van der Waals surface area contributed by atoms with Crippen molar-refractivity contribution < 1.29 is 8.42 Å². The molecule has 1 atom stereocenters. The van der Waals surface area contributed by atoms with E-state index < -0.39 is 10.0 Å². The molecule has 1 aromatic heterocycles. The Labute approximate surface area is 138 Å². The van der Waals surface area contributed by atoms with Gasteiger partial charge in [-0.05, 0) is 26.8 Å². The van der Waals surface area contributed by atoms with Crippen molar-refractivity contribution in [1.29, 1.82) is 0 Å². The van der Waals surface area contributed by atoms with Gasteiger partial charge in [0.15, 0.2) is 0 Å². The van der Waals surface area contributed by atoms with Crippen LogP contribution in [0.15, 0.2) is 6.33 Å². The average Bonchev–Trinajstić information content (AvgIpc) is 2.54. The number of fused-ring (bicyclic) bond motifs is 1. The van der Waals surface area contributed by atoms with Gasteiger partial charge in [0.25, 0.3) is 0 Å². The first-order chi connectivity index (χ1) is 11.0. The van der Waals surface area contributed by atoms with Crippen molar-refractivity contribution in [1.82, 2.24) is 19.6 Å². The lowest BCUT2D eigenvalue weighted by Gasteiger charge is -2.36. The molecule has 0 aliphatic carbocycles. The van der Waals surface area contributed by atoms with E-state index in [1.807, 2.05) is 0 Å². The van der Waals surface area contributed by atoms with Crippen LogP contribution in [0, 0.1) is 0 Å². The first kappa shape index (κ1) is 16.6. The summed E-state index contributed by atoms with van der Waals surface area (Å²) < 4.78 is 26.5. The zero-order valence-electron chi connectivity index (χ0n) is 13.8. The summed E-state index contributed by atoms with van der Waals surface area (Å²) in [7, 11) is -1.06. The monoisotopic (exact) mass is 339 g/mol. The van der Waals surface area contributed by atoms with Gasteiger partial charge in [-0.25, -0.2) is 23.1 Å². The molecule has 7 nitrogen and oxygen atoms in total. The molecule has 0 amide bonds. The number of rotatable bonds is 4. The summed E-state index contributed by atoms with van der Waals surface area (Å²) in [5.74, 6) is 1.10. The minimum Gasteiger partial charge on any atom is -0.355 e. The number of likely N-dealkylation sites (N-methyl/N-ethyl adjacent to an activating group) is 1. The molecule has 1 fully saturated rings. The Kier molecular flexibility index (Phi) is 4.84. The van der Waals surface area contributed by atoms with E-state index >= 15 is 0 Å². The fourth-order valence-corrected chi connectivity index (χ4v) is 4.20. The second-order valence-corrected chi connectivity index (χ2v) is 8.46. The van der Waals surface area contributed by atoms with E-state index in [0.29, 0.717) is 6.54 Å².